The van der Waals surface area contributed by atoms with Gasteiger partial charge in [0.1, 0.15) is 5.82 Å². The highest BCUT2D eigenvalue weighted by Gasteiger charge is 2.25. The van der Waals surface area contributed by atoms with Gasteiger partial charge in [0, 0.05) is 30.5 Å². The van der Waals surface area contributed by atoms with Gasteiger partial charge in [-0.1, -0.05) is 13.3 Å². The lowest BCUT2D eigenvalue weighted by molar-refractivity contribution is 0.122. The molecule has 7 heteroatoms. The van der Waals surface area contributed by atoms with E-state index in [4.69, 9.17) is 9.97 Å². The summed E-state index contributed by atoms with van der Waals surface area (Å²) in [7, 11) is 2.18. The predicted molar refractivity (Wildman–Crippen MR) is 122 cm³/mol. The first kappa shape index (κ1) is 21.2. The number of anilines is 2. The van der Waals surface area contributed by atoms with E-state index >= 15 is 0 Å². The average molecular weight is 413 g/mol. The smallest absolute Gasteiger partial charge is 0.223 e. The van der Waals surface area contributed by atoms with Crippen molar-refractivity contribution < 1.29 is 5.11 Å². The number of aliphatic hydroxyl groups is 1. The van der Waals surface area contributed by atoms with Crippen LogP contribution >= 0.6 is 0 Å². The molecular weight excluding hydrogens is 376 g/mol. The molecule has 2 fully saturated rings. The Morgan fingerprint density at radius 3 is 2.57 bits per heavy atom. The van der Waals surface area contributed by atoms with E-state index in [1.807, 2.05) is 12.4 Å². The number of likely N-dealkylation sites (tertiary alicyclic amines) is 1. The molecule has 2 aliphatic rings. The summed E-state index contributed by atoms with van der Waals surface area (Å²) in [5, 5.41) is 18.0. The quantitative estimate of drug-likeness (QED) is 0.597. The number of aromatic nitrogens is 3. The fraction of sp³-hybridized carbons (Fsp3) is 0.696. The Hall–Kier alpha value is -1.99. The number of rotatable bonds is 7. The Morgan fingerprint density at radius 1 is 1.07 bits per heavy atom. The number of nitrogens with zero attached hydrogens (tertiary/aromatic N) is 4. The highest BCUT2D eigenvalue weighted by Crippen LogP contribution is 2.37. The third-order valence-electron chi connectivity index (χ3n) is 6.66. The van der Waals surface area contributed by atoms with Crippen molar-refractivity contribution in [1.29, 1.82) is 0 Å². The van der Waals surface area contributed by atoms with E-state index in [-0.39, 0.29) is 6.10 Å². The molecule has 0 amide bonds. The summed E-state index contributed by atoms with van der Waals surface area (Å²) in [6, 6.07) is 0.440. The van der Waals surface area contributed by atoms with Crippen molar-refractivity contribution in [3.05, 3.63) is 18.0 Å². The molecule has 0 spiro atoms. The molecule has 30 heavy (non-hydrogen) atoms. The number of fused-ring (bicyclic) bond motifs is 1. The van der Waals surface area contributed by atoms with Crippen LogP contribution in [0.5, 0.6) is 0 Å². The Morgan fingerprint density at radius 2 is 1.83 bits per heavy atom. The van der Waals surface area contributed by atoms with Gasteiger partial charge in [-0.25, -0.2) is 15.0 Å². The summed E-state index contributed by atoms with van der Waals surface area (Å²) in [6.07, 6.45) is 12.0. The first-order chi connectivity index (χ1) is 14.6. The van der Waals surface area contributed by atoms with Gasteiger partial charge < -0.3 is 20.6 Å². The zero-order valence-electron chi connectivity index (χ0n) is 18.4. The zero-order valence-corrected chi connectivity index (χ0v) is 18.4. The van der Waals surface area contributed by atoms with Gasteiger partial charge in [0.15, 0.2) is 0 Å². The molecule has 4 rings (SSSR count). The predicted octanol–water partition coefficient (Wildman–Crippen LogP) is 3.76. The monoisotopic (exact) mass is 412 g/mol. The molecule has 1 saturated heterocycles. The summed E-state index contributed by atoms with van der Waals surface area (Å²) in [5.41, 5.74) is 2.21. The second kappa shape index (κ2) is 9.88. The molecule has 1 aliphatic heterocycles. The molecule has 1 aliphatic carbocycles. The highest BCUT2D eigenvalue weighted by atomic mass is 16.3. The molecule has 0 aromatic carbocycles. The van der Waals surface area contributed by atoms with Crippen molar-refractivity contribution in [2.75, 3.05) is 37.3 Å². The molecule has 0 radical (unpaired) electrons. The first-order valence-electron chi connectivity index (χ1n) is 11.7. The molecular formula is C23H36N6O. The van der Waals surface area contributed by atoms with Gasteiger partial charge >= 0.3 is 0 Å². The van der Waals surface area contributed by atoms with Crippen LogP contribution in [0.1, 0.15) is 69.8 Å². The second-order valence-corrected chi connectivity index (χ2v) is 9.03. The second-order valence-electron chi connectivity index (χ2n) is 9.03. The van der Waals surface area contributed by atoms with Crippen LogP contribution in [0, 0.1) is 0 Å². The Kier molecular flexibility index (Phi) is 7.00. The van der Waals surface area contributed by atoms with E-state index in [0.717, 1.165) is 87.7 Å². The van der Waals surface area contributed by atoms with Crippen LogP contribution in [0.4, 0.5) is 11.8 Å². The molecule has 1 saturated carbocycles. The molecule has 0 unspecified atom stereocenters. The van der Waals surface area contributed by atoms with Crippen LogP contribution in [0.3, 0.4) is 0 Å². The Balaban J connectivity index is 1.63. The third-order valence-corrected chi connectivity index (χ3v) is 6.66. The van der Waals surface area contributed by atoms with Crippen LogP contribution in [-0.2, 0) is 0 Å². The van der Waals surface area contributed by atoms with Gasteiger partial charge in [-0.2, -0.15) is 0 Å². The molecule has 2 aromatic heterocycles. The van der Waals surface area contributed by atoms with Crippen LogP contribution in [-0.4, -0.2) is 63.8 Å². The van der Waals surface area contributed by atoms with Gasteiger partial charge in [-0.05, 0) is 71.0 Å². The maximum atomic E-state index is 9.93. The minimum Gasteiger partial charge on any atom is -0.393 e. The number of aliphatic hydroxyl groups excluding tert-OH is 1. The number of pyridine rings is 1. The fourth-order valence-corrected chi connectivity index (χ4v) is 4.65. The van der Waals surface area contributed by atoms with Crippen LogP contribution < -0.4 is 10.6 Å². The number of nitrogens with one attached hydrogen (secondary N) is 2. The topological polar surface area (TPSA) is 86.2 Å². The molecule has 3 heterocycles. The van der Waals surface area contributed by atoms with Gasteiger partial charge in [0.05, 0.1) is 17.0 Å². The summed E-state index contributed by atoms with van der Waals surface area (Å²) >= 11 is 0. The van der Waals surface area contributed by atoms with Crippen molar-refractivity contribution in [2.24, 2.45) is 0 Å². The standard InChI is InChI=1S/C23H36N6O/c1-3-4-11-24-23-26-15-20-21(28-23)19(16-5-7-18(30)8-6-16)14-25-22(20)27-17-9-12-29(2)13-10-17/h14-18,30H,3-13H2,1-2H3,(H,25,27)(H,24,26,28)/t16-,18-. The van der Waals surface area contributed by atoms with Gasteiger partial charge in [-0.3, -0.25) is 0 Å². The Labute approximate surface area is 179 Å². The van der Waals surface area contributed by atoms with E-state index in [1.165, 1.54) is 5.56 Å². The van der Waals surface area contributed by atoms with E-state index in [1.54, 1.807) is 0 Å². The summed E-state index contributed by atoms with van der Waals surface area (Å²) in [4.78, 5) is 16.7. The van der Waals surface area contributed by atoms with Crippen molar-refractivity contribution in [1.82, 2.24) is 19.9 Å². The van der Waals surface area contributed by atoms with Crippen molar-refractivity contribution in [3.63, 3.8) is 0 Å². The number of hydrogen-bond donors (Lipinski definition) is 3. The highest BCUT2D eigenvalue weighted by molar-refractivity contribution is 5.91. The molecule has 164 valence electrons. The van der Waals surface area contributed by atoms with Crippen LogP contribution in [0.15, 0.2) is 12.4 Å². The lowest BCUT2D eigenvalue weighted by Crippen LogP contribution is -2.36. The summed E-state index contributed by atoms with van der Waals surface area (Å²) < 4.78 is 0. The van der Waals surface area contributed by atoms with E-state index < -0.39 is 0 Å². The maximum absolute atomic E-state index is 9.93. The van der Waals surface area contributed by atoms with E-state index in [2.05, 4.69) is 34.5 Å². The molecule has 0 atom stereocenters. The minimum atomic E-state index is -0.160. The average Bonchev–Trinajstić information content (AvgIpc) is 2.76. The van der Waals surface area contributed by atoms with Gasteiger partial charge in [0.2, 0.25) is 5.95 Å². The SMILES string of the molecule is CCCCNc1ncc2c(NC3CCN(C)CC3)ncc([C@H]3CC[C@H](O)CC3)c2n1. The fourth-order valence-electron chi connectivity index (χ4n) is 4.65. The maximum Gasteiger partial charge on any atom is 0.223 e. The van der Waals surface area contributed by atoms with Crippen LogP contribution in [0.2, 0.25) is 0 Å². The molecule has 2 aromatic rings. The number of piperidine rings is 1. The van der Waals surface area contributed by atoms with Crippen molar-refractivity contribution in [3.8, 4) is 0 Å². The lowest BCUT2D eigenvalue weighted by Gasteiger charge is -2.30. The molecule has 0 bridgehead atoms. The van der Waals surface area contributed by atoms with E-state index in [0.29, 0.717) is 17.9 Å². The summed E-state index contributed by atoms with van der Waals surface area (Å²) in [5.74, 6) is 2.00. The van der Waals surface area contributed by atoms with Gasteiger partial charge in [-0.15, -0.1) is 0 Å². The molecule has 3 N–H and O–H groups in total. The molecule has 7 nitrogen and oxygen atoms in total. The Bertz CT molecular complexity index is 828. The van der Waals surface area contributed by atoms with Gasteiger partial charge in [0.25, 0.3) is 0 Å². The number of hydrogen-bond acceptors (Lipinski definition) is 7. The number of unbranched alkanes of at least 4 members (excludes halogenated alkanes) is 1. The zero-order chi connectivity index (χ0) is 20.9. The van der Waals surface area contributed by atoms with Crippen molar-refractivity contribution >= 4 is 22.7 Å². The minimum absolute atomic E-state index is 0.160. The summed E-state index contributed by atoms with van der Waals surface area (Å²) in [6.45, 7) is 5.30. The van der Waals surface area contributed by atoms with Crippen molar-refractivity contribution in [2.45, 2.75) is 76.4 Å². The third kappa shape index (κ3) is 5.01. The first-order valence-corrected chi connectivity index (χ1v) is 11.7. The van der Waals surface area contributed by atoms with Crippen LogP contribution in [0.25, 0.3) is 10.9 Å². The normalized spacial score (nSPS) is 23.6. The van der Waals surface area contributed by atoms with E-state index in [9.17, 15) is 5.11 Å². The lowest BCUT2D eigenvalue weighted by atomic mass is 9.82. The largest absolute Gasteiger partial charge is 0.393 e.